The number of fused-ring (bicyclic) bond motifs is 1. The molecule has 134 valence electrons. The second kappa shape index (κ2) is 8.07. The molecule has 5 nitrogen and oxygen atoms in total. The van der Waals surface area contributed by atoms with Crippen LogP contribution in [0.25, 0.3) is 16.8 Å². The first-order chi connectivity index (χ1) is 13.2. The summed E-state index contributed by atoms with van der Waals surface area (Å²) in [5.74, 6) is 0.562. The fourth-order valence-corrected chi connectivity index (χ4v) is 2.79. The lowest BCUT2D eigenvalue weighted by Crippen LogP contribution is -2.13. The summed E-state index contributed by atoms with van der Waals surface area (Å²) in [6.45, 7) is 0. The van der Waals surface area contributed by atoms with Crippen LogP contribution in [0.15, 0.2) is 66.2 Å². The van der Waals surface area contributed by atoms with Crippen LogP contribution >= 0.6 is 0 Å². The van der Waals surface area contributed by atoms with Crippen molar-refractivity contribution in [3.8, 4) is 17.6 Å². The van der Waals surface area contributed by atoms with E-state index in [1.54, 1.807) is 24.3 Å². The number of carbonyl (C=O) groups excluding carboxylic acids is 1. The maximum absolute atomic E-state index is 12.6. The third-order valence-electron chi connectivity index (χ3n) is 4.13. The molecule has 0 spiro atoms. The van der Waals surface area contributed by atoms with Gasteiger partial charge in [0.05, 0.1) is 14.2 Å². The number of benzene rings is 3. The van der Waals surface area contributed by atoms with Crippen molar-refractivity contribution in [2.24, 2.45) is 0 Å². The number of hydrogen-bond acceptors (Lipinski definition) is 4. The highest BCUT2D eigenvalue weighted by Gasteiger charge is 2.12. The number of rotatable bonds is 5. The van der Waals surface area contributed by atoms with E-state index in [0.717, 1.165) is 16.3 Å². The van der Waals surface area contributed by atoms with Gasteiger partial charge in [0.15, 0.2) is 11.5 Å². The maximum Gasteiger partial charge on any atom is 0.266 e. The Bertz CT molecular complexity index is 1060. The van der Waals surface area contributed by atoms with E-state index in [0.29, 0.717) is 17.2 Å². The van der Waals surface area contributed by atoms with Crippen molar-refractivity contribution in [1.29, 1.82) is 5.26 Å². The van der Waals surface area contributed by atoms with E-state index < -0.39 is 5.91 Å². The number of nitrogens with zero attached hydrogens (tertiary/aromatic N) is 1. The summed E-state index contributed by atoms with van der Waals surface area (Å²) in [7, 11) is 3.06. The number of amides is 1. The maximum atomic E-state index is 12.6. The van der Waals surface area contributed by atoms with E-state index in [-0.39, 0.29) is 5.57 Å². The van der Waals surface area contributed by atoms with Crippen LogP contribution < -0.4 is 14.8 Å². The molecule has 3 rings (SSSR count). The Kier molecular flexibility index (Phi) is 5.38. The molecule has 0 aliphatic heterocycles. The summed E-state index contributed by atoms with van der Waals surface area (Å²) < 4.78 is 10.4. The van der Waals surface area contributed by atoms with Crippen molar-refractivity contribution in [3.05, 3.63) is 71.8 Å². The molecule has 27 heavy (non-hydrogen) atoms. The van der Waals surface area contributed by atoms with Gasteiger partial charge in [-0.1, -0.05) is 42.5 Å². The predicted octanol–water partition coefficient (Wildman–Crippen LogP) is 4.40. The Morgan fingerprint density at radius 1 is 1.00 bits per heavy atom. The highest BCUT2D eigenvalue weighted by Crippen LogP contribution is 2.30. The van der Waals surface area contributed by atoms with Crippen LogP contribution in [0.5, 0.6) is 11.5 Å². The first kappa shape index (κ1) is 18.0. The van der Waals surface area contributed by atoms with Gasteiger partial charge in [-0.15, -0.1) is 0 Å². The number of nitrogens with one attached hydrogen (secondary N) is 1. The third kappa shape index (κ3) is 3.91. The lowest BCUT2D eigenvalue weighted by Gasteiger charge is -2.10. The van der Waals surface area contributed by atoms with Crippen LogP contribution in [-0.4, -0.2) is 20.1 Å². The smallest absolute Gasteiger partial charge is 0.266 e. The number of hydrogen-bond donors (Lipinski definition) is 1. The van der Waals surface area contributed by atoms with Gasteiger partial charge in [0.1, 0.15) is 11.6 Å². The molecule has 0 aliphatic rings. The van der Waals surface area contributed by atoms with E-state index in [1.807, 2.05) is 48.5 Å². The van der Waals surface area contributed by atoms with Crippen LogP contribution in [0.1, 0.15) is 5.56 Å². The van der Waals surface area contributed by atoms with E-state index in [9.17, 15) is 10.1 Å². The minimum absolute atomic E-state index is 0.0149. The van der Waals surface area contributed by atoms with Crippen molar-refractivity contribution < 1.29 is 14.3 Å². The van der Waals surface area contributed by atoms with Gasteiger partial charge < -0.3 is 14.8 Å². The monoisotopic (exact) mass is 358 g/mol. The third-order valence-corrected chi connectivity index (χ3v) is 4.13. The Hall–Kier alpha value is -3.78. The van der Waals surface area contributed by atoms with Crippen LogP contribution in [0.2, 0.25) is 0 Å². The topological polar surface area (TPSA) is 71.3 Å². The average Bonchev–Trinajstić information content (AvgIpc) is 2.71. The molecule has 0 heterocycles. The van der Waals surface area contributed by atoms with E-state index in [4.69, 9.17) is 9.47 Å². The minimum atomic E-state index is -0.488. The second-order valence-electron chi connectivity index (χ2n) is 5.76. The molecule has 0 aromatic heterocycles. The van der Waals surface area contributed by atoms with E-state index >= 15 is 0 Å². The zero-order chi connectivity index (χ0) is 19.2. The first-order valence-corrected chi connectivity index (χ1v) is 8.29. The molecule has 0 saturated carbocycles. The lowest BCUT2D eigenvalue weighted by molar-refractivity contribution is -0.112. The zero-order valence-corrected chi connectivity index (χ0v) is 15.0. The lowest BCUT2D eigenvalue weighted by atomic mass is 10.0. The normalized spacial score (nSPS) is 10.9. The van der Waals surface area contributed by atoms with Crippen molar-refractivity contribution in [1.82, 2.24) is 0 Å². The molecule has 0 atom stereocenters. The van der Waals surface area contributed by atoms with Crippen LogP contribution in [0.3, 0.4) is 0 Å². The average molecular weight is 358 g/mol. The summed E-state index contributed by atoms with van der Waals surface area (Å²) >= 11 is 0. The molecule has 0 bridgehead atoms. The second-order valence-corrected chi connectivity index (χ2v) is 5.76. The molecule has 3 aromatic rings. The molecular weight excluding hydrogens is 340 g/mol. The van der Waals surface area contributed by atoms with Gasteiger partial charge in [0.2, 0.25) is 0 Å². The van der Waals surface area contributed by atoms with Gasteiger partial charge >= 0.3 is 0 Å². The SMILES string of the molecule is COc1ccc(NC(=O)C(C#N)=Cc2cccc3ccccc23)cc1OC. The molecule has 0 radical (unpaired) electrons. The number of nitriles is 1. The summed E-state index contributed by atoms with van der Waals surface area (Å²) in [6, 6.07) is 20.6. The number of anilines is 1. The summed E-state index contributed by atoms with van der Waals surface area (Å²) in [4.78, 5) is 12.6. The summed E-state index contributed by atoms with van der Waals surface area (Å²) in [6.07, 6.45) is 1.60. The largest absolute Gasteiger partial charge is 0.493 e. The van der Waals surface area contributed by atoms with E-state index in [2.05, 4.69) is 5.32 Å². The molecule has 5 heteroatoms. The minimum Gasteiger partial charge on any atom is -0.493 e. The van der Waals surface area contributed by atoms with Gasteiger partial charge in [-0.05, 0) is 34.5 Å². The molecule has 0 saturated heterocycles. The Morgan fingerprint density at radius 2 is 1.74 bits per heavy atom. The Labute approximate surface area is 157 Å². The molecule has 0 unspecified atom stereocenters. The van der Waals surface area contributed by atoms with Crippen molar-refractivity contribution in [2.45, 2.75) is 0 Å². The highest BCUT2D eigenvalue weighted by molar-refractivity contribution is 6.10. The first-order valence-electron chi connectivity index (χ1n) is 8.29. The fraction of sp³-hybridized carbons (Fsp3) is 0.0909. The van der Waals surface area contributed by atoms with Crippen LogP contribution in [0.4, 0.5) is 5.69 Å². The molecule has 1 amide bonds. The fourth-order valence-electron chi connectivity index (χ4n) is 2.79. The van der Waals surface area contributed by atoms with Crippen molar-refractivity contribution in [2.75, 3.05) is 19.5 Å². The molecule has 1 N–H and O–H groups in total. The van der Waals surface area contributed by atoms with Gasteiger partial charge in [0.25, 0.3) is 5.91 Å². The van der Waals surface area contributed by atoms with Gasteiger partial charge in [-0.25, -0.2) is 0 Å². The standard InChI is InChI=1S/C22H18N2O3/c1-26-20-11-10-18(13-21(20)27-2)24-22(25)17(14-23)12-16-8-5-7-15-6-3-4-9-19(15)16/h3-13H,1-2H3,(H,24,25). The van der Waals surface area contributed by atoms with Crippen molar-refractivity contribution in [3.63, 3.8) is 0 Å². The number of ether oxygens (including phenoxy) is 2. The van der Waals surface area contributed by atoms with Gasteiger partial charge in [-0.3, -0.25) is 4.79 Å². The predicted molar refractivity (Wildman–Crippen MR) is 106 cm³/mol. The molecule has 0 aliphatic carbocycles. The Balaban J connectivity index is 1.90. The number of carbonyl (C=O) groups is 1. The summed E-state index contributed by atoms with van der Waals surface area (Å²) in [5.41, 5.74) is 1.34. The molecular formula is C22H18N2O3. The zero-order valence-electron chi connectivity index (χ0n) is 15.0. The molecule has 3 aromatic carbocycles. The van der Waals surface area contributed by atoms with Crippen LogP contribution in [-0.2, 0) is 4.79 Å². The van der Waals surface area contributed by atoms with Crippen LogP contribution in [0, 0.1) is 11.3 Å². The van der Waals surface area contributed by atoms with Crippen molar-refractivity contribution >= 4 is 28.4 Å². The quantitative estimate of drug-likeness (QED) is 0.542. The van der Waals surface area contributed by atoms with Gasteiger partial charge in [-0.2, -0.15) is 5.26 Å². The molecule has 0 fully saturated rings. The summed E-state index contributed by atoms with van der Waals surface area (Å²) in [5, 5.41) is 14.2. The van der Waals surface area contributed by atoms with Gasteiger partial charge in [0, 0.05) is 11.8 Å². The Morgan fingerprint density at radius 3 is 2.48 bits per heavy atom. The van der Waals surface area contributed by atoms with E-state index in [1.165, 1.54) is 14.2 Å². The number of methoxy groups -OCH3 is 2. The highest BCUT2D eigenvalue weighted by atomic mass is 16.5.